The Kier molecular flexibility index (Phi) is 18.4. The lowest BCUT2D eigenvalue weighted by atomic mass is 9.81. The van der Waals surface area contributed by atoms with E-state index in [1.165, 1.54) is 36.2 Å². The number of nitrogens with one attached hydrogen (secondary N) is 2. The van der Waals surface area contributed by atoms with Crippen LogP contribution in [0.2, 0.25) is 0 Å². The number of alkyl carbamates (subject to hydrolysis) is 2. The lowest BCUT2D eigenvalue weighted by molar-refractivity contribution is -0.147. The molecule has 3 aliphatic heterocycles. The highest BCUT2D eigenvalue weighted by atomic mass is 19.1. The molecule has 6 rings (SSSR count). The molecule has 0 saturated carbocycles. The number of carbonyl (C=O) groups is 6. The number of ether oxygens (including phenoxy) is 2. The average Bonchev–Trinajstić information content (AvgIpc) is 4.11. The van der Waals surface area contributed by atoms with Crippen LogP contribution in [0.4, 0.5) is 19.7 Å². The largest absolute Gasteiger partial charge is 0.453 e. The first-order valence-electron chi connectivity index (χ1n) is 25.6. The van der Waals surface area contributed by atoms with Gasteiger partial charge in [0.1, 0.15) is 29.0 Å². The van der Waals surface area contributed by atoms with Gasteiger partial charge >= 0.3 is 12.2 Å². The van der Waals surface area contributed by atoms with Crippen molar-refractivity contribution in [3.05, 3.63) is 101 Å². The SMILES string of the molecule is CCN(C(C)C)C(C)C.COC(=O)N[C@H](C(=O)N1CCC[C@@]1(C(N)=O)c1cccc([C@H]2CC[C@@H](c3cccc([C@]4(C(N)=O)CCCN4C(=O)[C@@H](NC(=O)OC)C(C)(C)C)c3)N2c2ccc(F)cc2)c1)C(C)(C)C. The molecule has 0 radical (unpaired) electrons. The molecule has 0 aliphatic carbocycles. The number of hydrogen-bond donors (Lipinski definition) is 4. The molecule has 0 spiro atoms. The van der Waals surface area contributed by atoms with Crippen molar-refractivity contribution in [2.75, 3.05) is 38.8 Å². The molecule has 6 atom stereocenters. The molecular formula is C56H81FN8O8. The predicted molar refractivity (Wildman–Crippen MR) is 280 cm³/mol. The first-order chi connectivity index (χ1) is 34.2. The van der Waals surface area contributed by atoms with Crippen molar-refractivity contribution in [3.63, 3.8) is 0 Å². The number of carbonyl (C=O) groups excluding carboxylic acids is 6. The third-order valence-electron chi connectivity index (χ3n) is 14.9. The zero-order chi connectivity index (χ0) is 54.4. The maximum absolute atomic E-state index is 14.5. The van der Waals surface area contributed by atoms with Gasteiger partial charge in [-0.15, -0.1) is 0 Å². The Labute approximate surface area is 432 Å². The minimum atomic E-state index is -1.52. The highest BCUT2D eigenvalue weighted by Gasteiger charge is 2.55. The minimum absolute atomic E-state index is 0.236. The van der Waals surface area contributed by atoms with E-state index < -0.39 is 75.6 Å². The van der Waals surface area contributed by atoms with Crippen molar-refractivity contribution < 1.29 is 42.6 Å². The third kappa shape index (κ3) is 12.1. The molecule has 6 amide bonds. The summed E-state index contributed by atoms with van der Waals surface area (Å²) in [6, 6.07) is 19.9. The Morgan fingerprint density at radius 1 is 0.671 bits per heavy atom. The molecular weight excluding hydrogens is 932 g/mol. The van der Waals surface area contributed by atoms with E-state index in [0.717, 1.165) is 23.4 Å². The van der Waals surface area contributed by atoms with Crippen LogP contribution in [0.1, 0.15) is 149 Å². The lowest BCUT2D eigenvalue weighted by Crippen LogP contribution is -2.61. The van der Waals surface area contributed by atoms with E-state index in [1.807, 2.05) is 77.9 Å². The Bertz CT molecular complexity index is 2310. The number of benzene rings is 3. The number of anilines is 1. The van der Waals surface area contributed by atoms with E-state index in [9.17, 15) is 33.2 Å². The Balaban J connectivity index is 0.000001000. The van der Waals surface area contributed by atoms with Crippen molar-refractivity contribution >= 4 is 41.5 Å². The normalized spacial score (nSPS) is 21.9. The number of amides is 6. The van der Waals surface area contributed by atoms with Crippen molar-refractivity contribution in [3.8, 4) is 0 Å². The number of hydrogen-bond acceptors (Lipinski definition) is 10. The standard InChI is InChI=1S/C48H62FN7O8.C8H19N/c1-45(2,3)37(52-43(61)63-7)39(57)54-25-11-23-47(54,41(50)59)31-15-9-13-29(27-31)35-21-22-36(56(35)34-19-17-33(49)18-20-34)30-14-10-16-32(28-30)48(42(51)60)24-12-26-55(48)40(58)38(46(4,5)6)53-44(62)64-8;1-6-9(7(2)3)8(4)5/h9-10,13-20,27-28,35-38H,11-12,21-26H2,1-8H3,(H2,50,59)(H2,51,60)(H,52,61)(H,53,62);7-8H,6H2,1-5H3/t35-,36+,37-,38-,47+,48+;/m1./s1. The topological polar surface area (TPSA) is 210 Å². The van der Waals surface area contributed by atoms with Crippen LogP contribution >= 0.6 is 0 Å². The zero-order valence-corrected chi connectivity index (χ0v) is 45.3. The van der Waals surface area contributed by atoms with Crippen LogP contribution in [-0.2, 0) is 39.7 Å². The summed E-state index contributed by atoms with van der Waals surface area (Å²) in [6.07, 6.45) is 1.21. The average molecular weight is 1010 g/mol. The molecule has 0 bridgehead atoms. The number of methoxy groups -OCH3 is 2. The van der Waals surface area contributed by atoms with E-state index in [2.05, 4.69) is 55.1 Å². The van der Waals surface area contributed by atoms with Gasteiger partial charge in [0, 0.05) is 30.9 Å². The number of likely N-dealkylation sites (tertiary alicyclic amines) is 2. The number of nitrogens with two attached hydrogens (primary N) is 2. The second kappa shape index (κ2) is 23.3. The smallest absolute Gasteiger partial charge is 0.407 e. The summed E-state index contributed by atoms with van der Waals surface area (Å²) < 4.78 is 24.2. The van der Waals surface area contributed by atoms with Crippen LogP contribution in [0.25, 0.3) is 0 Å². The van der Waals surface area contributed by atoms with E-state index in [0.29, 0.717) is 48.9 Å². The fraction of sp³-hybridized carbons (Fsp3) is 0.571. The van der Waals surface area contributed by atoms with E-state index in [1.54, 1.807) is 24.3 Å². The molecule has 3 saturated heterocycles. The highest BCUT2D eigenvalue weighted by Crippen LogP contribution is 2.50. The quantitative estimate of drug-likeness (QED) is 0.122. The number of nitrogens with zero attached hydrogens (tertiary/aromatic N) is 4. The van der Waals surface area contributed by atoms with E-state index >= 15 is 0 Å². The van der Waals surface area contributed by atoms with Gasteiger partial charge in [-0.1, -0.05) is 97.0 Å². The van der Waals surface area contributed by atoms with Gasteiger partial charge in [-0.3, -0.25) is 24.1 Å². The Hall–Kier alpha value is -6.23. The molecule has 3 aliphatic rings. The van der Waals surface area contributed by atoms with Crippen LogP contribution in [-0.4, -0.2) is 109 Å². The molecule has 17 heteroatoms. The molecule has 0 aromatic heterocycles. The maximum atomic E-state index is 14.5. The van der Waals surface area contributed by atoms with Crippen LogP contribution in [0, 0.1) is 16.6 Å². The van der Waals surface area contributed by atoms with Gasteiger partial charge in [0.2, 0.25) is 23.6 Å². The van der Waals surface area contributed by atoms with Gasteiger partial charge in [0.15, 0.2) is 0 Å². The molecule has 400 valence electrons. The monoisotopic (exact) mass is 1010 g/mol. The van der Waals surface area contributed by atoms with Crippen LogP contribution in [0.5, 0.6) is 0 Å². The summed E-state index contributed by atoms with van der Waals surface area (Å²) in [4.78, 5) is 89.0. The minimum Gasteiger partial charge on any atom is -0.453 e. The zero-order valence-electron chi connectivity index (χ0n) is 45.3. The first kappa shape index (κ1) is 57.7. The van der Waals surface area contributed by atoms with Crippen LogP contribution in [0.3, 0.4) is 0 Å². The Morgan fingerprint density at radius 3 is 1.36 bits per heavy atom. The third-order valence-corrected chi connectivity index (χ3v) is 14.9. The van der Waals surface area contributed by atoms with Crippen molar-refractivity contribution in [1.82, 2.24) is 25.3 Å². The number of rotatable bonds is 14. The summed E-state index contributed by atoms with van der Waals surface area (Å²) in [7, 11) is 2.43. The van der Waals surface area contributed by atoms with E-state index in [4.69, 9.17) is 20.9 Å². The molecule has 3 heterocycles. The molecule has 16 nitrogen and oxygen atoms in total. The molecule has 3 fully saturated rings. The van der Waals surface area contributed by atoms with Crippen LogP contribution < -0.4 is 27.0 Å². The second-order valence-electron chi connectivity index (χ2n) is 22.3. The predicted octanol–water partition coefficient (Wildman–Crippen LogP) is 8.18. The number of primary amides is 2. The summed E-state index contributed by atoms with van der Waals surface area (Å²) in [6.45, 7) is 23.7. The van der Waals surface area contributed by atoms with Gasteiger partial charge in [0.25, 0.3) is 0 Å². The van der Waals surface area contributed by atoms with E-state index in [-0.39, 0.29) is 38.0 Å². The maximum Gasteiger partial charge on any atom is 0.407 e. The molecule has 3 aromatic carbocycles. The molecule has 6 N–H and O–H groups in total. The summed E-state index contributed by atoms with van der Waals surface area (Å²) in [5, 5.41) is 5.34. The van der Waals surface area contributed by atoms with Gasteiger partial charge in [-0.25, -0.2) is 14.0 Å². The summed E-state index contributed by atoms with van der Waals surface area (Å²) >= 11 is 0. The van der Waals surface area contributed by atoms with Gasteiger partial charge in [-0.05, 0) is 130 Å². The number of halogens is 1. The Morgan fingerprint density at radius 2 is 1.05 bits per heavy atom. The molecule has 3 aromatic rings. The lowest BCUT2D eigenvalue weighted by Gasteiger charge is -2.41. The first-order valence-corrected chi connectivity index (χ1v) is 25.6. The molecule has 73 heavy (non-hydrogen) atoms. The fourth-order valence-corrected chi connectivity index (χ4v) is 11.4. The summed E-state index contributed by atoms with van der Waals surface area (Å²) in [5.41, 5.74) is 11.5. The van der Waals surface area contributed by atoms with Crippen LogP contribution in [0.15, 0.2) is 72.8 Å². The van der Waals surface area contributed by atoms with Crippen molar-refractivity contribution in [2.24, 2.45) is 22.3 Å². The molecule has 0 unspecified atom stereocenters. The van der Waals surface area contributed by atoms with Gasteiger partial charge < -0.3 is 46.3 Å². The highest BCUT2D eigenvalue weighted by molar-refractivity contribution is 5.96. The second-order valence-corrected chi connectivity index (χ2v) is 22.3. The fourth-order valence-electron chi connectivity index (χ4n) is 11.4. The van der Waals surface area contributed by atoms with Gasteiger partial charge in [-0.2, -0.15) is 0 Å². The summed E-state index contributed by atoms with van der Waals surface area (Å²) in [5.74, 6) is -2.73. The van der Waals surface area contributed by atoms with Gasteiger partial charge in [0.05, 0.1) is 26.3 Å². The van der Waals surface area contributed by atoms with Crippen molar-refractivity contribution in [1.29, 1.82) is 0 Å². The van der Waals surface area contributed by atoms with Crippen molar-refractivity contribution in [2.45, 2.75) is 162 Å².